The van der Waals surface area contributed by atoms with Gasteiger partial charge in [-0.1, -0.05) is 6.92 Å². The van der Waals surface area contributed by atoms with Gasteiger partial charge in [0.25, 0.3) is 0 Å². The zero-order chi connectivity index (χ0) is 13.0. The summed E-state index contributed by atoms with van der Waals surface area (Å²) in [5, 5.41) is 0. The van der Waals surface area contributed by atoms with Crippen molar-refractivity contribution < 1.29 is 4.74 Å². The average Bonchev–Trinajstić information content (AvgIpc) is 2.39. The smallest absolute Gasteiger partial charge is 0.133 e. The SMILES string of the molecule is CCc1nc(Br)cc(N(C)CC2CCOCC2)n1. The molecule has 1 aliphatic heterocycles. The normalized spacial score (nSPS) is 16.8. The molecule has 1 aromatic rings. The van der Waals surface area contributed by atoms with E-state index in [2.05, 4.69) is 44.8 Å². The molecule has 0 aliphatic carbocycles. The Morgan fingerprint density at radius 2 is 2.11 bits per heavy atom. The number of hydrogen-bond donors (Lipinski definition) is 0. The van der Waals surface area contributed by atoms with Crippen LogP contribution < -0.4 is 4.90 Å². The van der Waals surface area contributed by atoms with Gasteiger partial charge in [0, 0.05) is 39.3 Å². The monoisotopic (exact) mass is 313 g/mol. The number of nitrogens with zero attached hydrogens (tertiary/aromatic N) is 3. The van der Waals surface area contributed by atoms with Gasteiger partial charge >= 0.3 is 0 Å². The van der Waals surface area contributed by atoms with E-state index in [9.17, 15) is 0 Å². The van der Waals surface area contributed by atoms with Crippen molar-refractivity contribution in [2.75, 3.05) is 31.7 Å². The number of aryl methyl sites for hydroxylation is 1. The number of hydrogen-bond acceptors (Lipinski definition) is 4. The Morgan fingerprint density at radius 3 is 2.78 bits per heavy atom. The minimum Gasteiger partial charge on any atom is -0.381 e. The van der Waals surface area contributed by atoms with E-state index in [1.807, 2.05) is 6.07 Å². The molecule has 1 fully saturated rings. The van der Waals surface area contributed by atoms with Crippen molar-refractivity contribution in [3.8, 4) is 0 Å². The Morgan fingerprint density at radius 1 is 1.39 bits per heavy atom. The molecular weight excluding hydrogens is 294 g/mol. The molecule has 0 atom stereocenters. The summed E-state index contributed by atoms with van der Waals surface area (Å²) in [5.41, 5.74) is 0. The standard InChI is InChI=1S/C13H20BrN3O/c1-3-12-15-11(14)8-13(16-12)17(2)9-10-4-6-18-7-5-10/h8,10H,3-7,9H2,1-2H3. The van der Waals surface area contributed by atoms with Gasteiger partial charge < -0.3 is 9.64 Å². The molecule has 4 nitrogen and oxygen atoms in total. The summed E-state index contributed by atoms with van der Waals surface area (Å²) in [4.78, 5) is 11.1. The van der Waals surface area contributed by atoms with Crippen LogP contribution in [0, 0.1) is 5.92 Å². The lowest BCUT2D eigenvalue weighted by Crippen LogP contribution is -2.30. The van der Waals surface area contributed by atoms with Gasteiger partial charge in [-0.15, -0.1) is 0 Å². The second-order valence-corrected chi connectivity index (χ2v) is 5.57. The van der Waals surface area contributed by atoms with Crippen LogP contribution in [0.25, 0.3) is 0 Å². The van der Waals surface area contributed by atoms with Gasteiger partial charge in [0.15, 0.2) is 0 Å². The summed E-state index contributed by atoms with van der Waals surface area (Å²) in [6.45, 7) is 4.90. The summed E-state index contributed by atoms with van der Waals surface area (Å²) < 4.78 is 6.26. The summed E-state index contributed by atoms with van der Waals surface area (Å²) in [7, 11) is 2.10. The van der Waals surface area contributed by atoms with E-state index in [0.29, 0.717) is 5.92 Å². The lowest BCUT2D eigenvalue weighted by Gasteiger charge is -2.28. The van der Waals surface area contributed by atoms with Crippen LogP contribution in [0.1, 0.15) is 25.6 Å². The van der Waals surface area contributed by atoms with Gasteiger partial charge in [0.1, 0.15) is 16.2 Å². The maximum atomic E-state index is 5.39. The van der Waals surface area contributed by atoms with Crippen molar-refractivity contribution in [2.24, 2.45) is 5.92 Å². The lowest BCUT2D eigenvalue weighted by atomic mass is 10.00. The van der Waals surface area contributed by atoms with Crippen LogP contribution in [0.5, 0.6) is 0 Å². The summed E-state index contributed by atoms with van der Waals surface area (Å²) in [6.07, 6.45) is 3.16. The molecule has 0 N–H and O–H groups in total. The van der Waals surface area contributed by atoms with Gasteiger partial charge in [-0.3, -0.25) is 0 Å². The topological polar surface area (TPSA) is 38.2 Å². The predicted octanol–water partition coefficient (Wildman–Crippen LogP) is 2.66. The first-order valence-corrected chi connectivity index (χ1v) is 7.30. The fourth-order valence-corrected chi connectivity index (χ4v) is 2.62. The maximum Gasteiger partial charge on any atom is 0.133 e. The van der Waals surface area contributed by atoms with Gasteiger partial charge in [-0.05, 0) is 34.7 Å². The number of anilines is 1. The Balaban J connectivity index is 2.02. The lowest BCUT2D eigenvalue weighted by molar-refractivity contribution is 0.0685. The van der Waals surface area contributed by atoms with Crippen LogP contribution in [0.15, 0.2) is 10.7 Å². The molecule has 0 spiro atoms. The molecule has 0 radical (unpaired) electrons. The van der Waals surface area contributed by atoms with Gasteiger partial charge in [-0.25, -0.2) is 9.97 Å². The zero-order valence-corrected chi connectivity index (χ0v) is 12.6. The van der Waals surface area contributed by atoms with Crippen LogP contribution >= 0.6 is 15.9 Å². The number of rotatable bonds is 4. The molecule has 5 heteroatoms. The summed E-state index contributed by atoms with van der Waals surface area (Å²) >= 11 is 3.45. The Hall–Kier alpha value is -0.680. The Labute approximate surface area is 117 Å². The van der Waals surface area contributed by atoms with E-state index in [-0.39, 0.29) is 0 Å². The van der Waals surface area contributed by atoms with Crippen LogP contribution in [0.4, 0.5) is 5.82 Å². The third-order valence-corrected chi connectivity index (χ3v) is 3.71. The quantitative estimate of drug-likeness (QED) is 0.801. The van der Waals surface area contributed by atoms with Crippen molar-refractivity contribution in [1.82, 2.24) is 9.97 Å². The van der Waals surface area contributed by atoms with Crippen molar-refractivity contribution >= 4 is 21.7 Å². The highest BCUT2D eigenvalue weighted by Gasteiger charge is 2.17. The van der Waals surface area contributed by atoms with Crippen molar-refractivity contribution in [1.29, 1.82) is 0 Å². The highest BCUT2D eigenvalue weighted by Crippen LogP contribution is 2.20. The Bertz CT molecular complexity index is 394. The molecule has 0 unspecified atom stereocenters. The summed E-state index contributed by atoms with van der Waals surface area (Å²) in [5.74, 6) is 2.60. The largest absolute Gasteiger partial charge is 0.381 e. The molecule has 2 heterocycles. The second kappa shape index (κ2) is 6.48. The molecule has 18 heavy (non-hydrogen) atoms. The van der Waals surface area contributed by atoms with Crippen LogP contribution in [0.2, 0.25) is 0 Å². The molecular formula is C13H20BrN3O. The first-order valence-electron chi connectivity index (χ1n) is 6.51. The van der Waals surface area contributed by atoms with Crippen molar-refractivity contribution in [3.63, 3.8) is 0 Å². The molecule has 0 aromatic carbocycles. The average molecular weight is 314 g/mol. The maximum absolute atomic E-state index is 5.39. The molecule has 1 aliphatic rings. The molecule has 0 bridgehead atoms. The van der Waals surface area contributed by atoms with Crippen molar-refractivity contribution in [2.45, 2.75) is 26.2 Å². The second-order valence-electron chi connectivity index (χ2n) is 4.75. The minimum absolute atomic E-state index is 0.711. The van der Waals surface area contributed by atoms with Crippen LogP contribution in [0.3, 0.4) is 0 Å². The van der Waals surface area contributed by atoms with E-state index in [1.54, 1.807) is 0 Å². The van der Waals surface area contributed by atoms with Crippen LogP contribution in [-0.2, 0) is 11.2 Å². The number of aromatic nitrogens is 2. The van der Waals surface area contributed by atoms with Gasteiger partial charge in [-0.2, -0.15) is 0 Å². The van der Waals surface area contributed by atoms with Crippen LogP contribution in [-0.4, -0.2) is 36.8 Å². The zero-order valence-electron chi connectivity index (χ0n) is 11.0. The molecule has 0 amide bonds. The first-order chi connectivity index (χ1) is 8.69. The molecule has 100 valence electrons. The highest BCUT2D eigenvalue weighted by molar-refractivity contribution is 9.10. The summed E-state index contributed by atoms with van der Waals surface area (Å²) in [6, 6.07) is 1.98. The fourth-order valence-electron chi connectivity index (χ4n) is 2.22. The molecule has 0 saturated carbocycles. The van der Waals surface area contributed by atoms with E-state index >= 15 is 0 Å². The van der Waals surface area contributed by atoms with E-state index in [1.165, 1.54) is 0 Å². The van der Waals surface area contributed by atoms with Crippen molar-refractivity contribution in [3.05, 3.63) is 16.5 Å². The molecule has 1 saturated heterocycles. The van der Waals surface area contributed by atoms with Gasteiger partial charge in [0.2, 0.25) is 0 Å². The van der Waals surface area contributed by atoms with E-state index in [4.69, 9.17) is 4.74 Å². The highest BCUT2D eigenvalue weighted by atomic mass is 79.9. The third-order valence-electron chi connectivity index (χ3n) is 3.31. The molecule has 1 aromatic heterocycles. The minimum atomic E-state index is 0.711. The first kappa shape index (κ1) is 13.7. The van der Waals surface area contributed by atoms with E-state index in [0.717, 1.165) is 55.3 Å². The van der Waals surface area contributed by atoms with E-state index < -0.39 is 0 Å². The predicted molar refractivity (Wildman–Crippen MR) is 75.9 cm³/mol. The fraction of sp³-hybridized carbons (Fsp3) is 0.692. The number of halogens is 1. The number of ether oxygens (including phenoxy) is 1. The Kier molecular flexibility index (Phi) is 4.95. The third kappa shape index (κ3) is 3.65. The molecule has 2 rings (SSSR count). The van der Waals surface area contributed by atoms with Gasteiger partial charge in [0.05, 0.1) is 0 Å².